The van der Waals surface area contributed by atoms with Gasteiger partial charge >= 0.3 is 5.97 Å². The summed E-state index contributed by atoms with van der Waals surface area (Å²) < 4.78 is 29.5. The molecular weight excluding hydrogens is 578 g/mol. The van der Waals surface area contributed by atoms with E-state index in [2.05, 4.69) is 4.99 Å². The molecule has 0 N–H and O–H groups in total. The molecule has 13 heteroatoms. The minimum absolute atomic E-state index is 0.117. The Morgan fingerprint density at radius 3 is 2.53 bits per heavy atom. The van der Waals surface area contributed by atoms with Gasteiger partial charge in [-0.05, 0) is 50.2 Å². The molecule has 0 aliphatic carbocycles. The van der Waals surface area contributed by atoms with Gasteiger partial charge in [-0.3, -0.25) is 19.5 Å². The number of fused-ring (bicyclic) bond motifs is 1. The standard InChI is InChI=1S/C30H27N3O9S/c1-6-41-29(35)26-16(2)31-30-32(27(26)21-14-18(38-3)8-11-22(21)39-4)28(34)25(43-30)15-19-9-12-23(42-19)20-10-7-17(33(36)37)13-24(20)40-5/h7-15,27H,6H2,1-5H3/b25-15-. The van der Waals surface area contributed by atoms with Crippen LogP contribution in [0, 0.1) is 10.1 Å². The Bertz CT molecular complexity index is 1950. The number of furan rings is 1. The molecule has 43 heavy (non-hydrogen) atoms. The molecule has 0 fully saturated rings. The number of nitro benzene ring substituents is 1. The van der Waals surface area contributed by atoms with Crippen molar-refractivity contribution in [1.29, 1.82) is 0 Å². The molecule has 1 unspecified atom stereocenters. The van der Waals surface area contributed by atoms with E-state index in [4.69, 9.17) is 23.4 Å². The molecule has 2 aromatic heterocycles. The van der Waals surface area contributed by atoms with Crippen molar-refractivity contribution in [2.24, 2.45) is 4.99 Å². The maximum Gasteiger partial charge on any atom is 0.338 e. The van der Waals surface area contributed by atoms with Gasteiger partial charge in [-0.1, -0.05) is 11.3 Å². The molecule has 0 spiro atoms. The fourth-order valence-corrected chi connectivity index (χ4v) is 5.87. The van der Waals surface area contributed by atoms with Gasteiger partial charge in [-0.25, -0.2) is 9.79 Å². The predicted octanol–water partition coefficient (Wildman–Crippen LogP) is 3.99. The highest BCUT2D eigenvalue weighted by atomic mass is 32.1. The third-order valence-electron chi connectivity index (χ3n) is 6.81. The summed E-state index contributed by atoms with van der Waals surface area (Å²) in [6.07, 6.45) is 1.58. The van der Waals surface area contributed by atoms with Gasteiger partial charge in [0.05, 0.1) is 60.3 Å². The smallest absolute Gasteiger partial charge is 0.338 e. The lowest BCUT2D eigenvalue weighted by Gasteiger charge is -2.26. The quantitative estimate of drug-likeness (QED) is 0.157. The monoisotopic (exact) mass is 605 g/mol. The number of hydrogen-bond donors (Lipinski definition) is 0. The summed E-state index contributed by atoms with van der Waals surface area (Å²) in [5, 5.41) is 11.2. The van der Waals surface area contributed by atoms with E-state index in [1.807, 2.05) is 0 Å². The Labute approximate surface area is 248 Å². The number of thiazole rings is 1. The fourth-order valence-electron chi connectivity index (χ4n) is 4.84. The Morgan fingerprint density at radius 1 is 1.09 bits per heavy atom. The third kappa shape index (κ3) is 5.42. The average molecular weight is 606 g/mol. The lowest BCUT2D eigenvalue weighted by Crippen LogP contribution is -2.40. The first-order valence-electron chi connectivity index (χ1n) is 13.0. The van der Waals surface area contributed by atoms with Crippen LogP contribution < -0.4 is 29.1 Å². The summed E-state index contributed by atoms with van der Waals surface area (Å²) in [6.45, 7) is 3.54. The maximum atomic E-state index is 14.0. The molecule has 5 rings (SSSR count). The SMILES string of the molecule is CCOC(=O)C1=C(C)N=c2s/c(=C\c3ccc(-c4ccc([N+](=O)[O-])cc4OC)o3)c(=O)n2C1c1cc(OC)ccc1OC. The Kier molecular flexibility index (Phi) is 8.17. The van der Waals surface area contributed by atoms with Crippen LogP contribution in [-0.2, 0) is 9.53 Å². The minimum Gasteiger partial charge on any atom is -0.497 e. The molecule has 222 valence electrons. The largest absolute Gasteiger partial charge is 0.497 e. The van der Waals surface area contributed by atoms with E-state index >= 15 is 0 Å². The second kappa shape index (κ2) is 12.0. The lowest BCUT2D eigenvalue weighted by molar-refractivity contribution is -0.384. The van der Waals surface area contributed by atoms with Gasteiger partial charge in [0.25, 0.3) is 11.2 Å². The van der Waals surface area contributed by atoms with Crippen LogP contribution in [0.3, 0.4) is 0 Å². The van der Waals surface area contributed by atoms with Crippen molar-refractivity contribution >= 4 is 29.1 Å². The molecule has 0 saturated carbocycles. The number of nitrogens with zero attached hydrogens (tertiary/aromatic N) is 3. The first kappa shape index (κ1) is 29.3. The Morgan fingerprint density at radius 2 is 1.86 bits per heavy atom. The normalized spacial score (nSPS) is 14.6. The number of non-ortho nitro benzene ring substituents is 1. The molecule has 12 nitrogen and oxygen atoms in total. The number of carbonyl (C=O) groups is 1. The summed E-state index contributed by atoms with van der Waals surface area (Å²) in [7, 11) is 4.44. The van der Waals surface area contributed by atoms with E-state index in [0.717, 1.165) is 11.3 Å². The average Bonchev–Trinajstić information content (AvgIpc) is 3.59. The number of nitro groups is 1. The van der Waals surface area contributed by atoms with Crippen LogP contribution in [0.15, 0.2) is 74.0 Å². The van der Waals surface area contributed by atoms with E-state index in [9.17, 15) is 19.7 Å². The van der Waals surface area contributed by atoms with Crippen LogP contribution >= 0.6 is 11.3 Å². The zero-order chi connectivity index (χ0) is 30.8. The van der Waals surface area contributed by atoms with E-state index in [0.29, 0.717) is 49.2 Å². The Balaban J connectivity index is 1.66. The number of ether oxygens (including phenoxy) is 4. The number of aromatic nitrogens is 1. The van der Waals surface area contributed by atoms with E-state index < -0.39 is 22.5 Å². The number of hydrogen-bond acceptors (Lipinski definition) is 11. The van der Waals surface area contributed by atoms with Crippen LogP contribution in [0.5, 0.6) is 17.2 Å². The highest BCUT2D eigenvalue weighted by Gasteiger charge is 2.35. The second-order valence-electron chi connectivity index (χ2n) is 9.25. The highest BCUT2D eigenvalue weighted by Crippen LogP contribution is 2.38. The number of carbonyl (C=O) groups excluding carboxylic acids is 1. The van der Waals surface area contributed by atoms with E-state index in [-0.39, 0.29) is 23.6 Å². The highest BCUT2D eigenvalue weighted by molar-refractivity contribution is 7.07. The summed E-state index contributed by atoms with van der Waals surface area (Å²) in [6, 6.07) is 11.8. The van der Waals surface area contributed by atoms with Gasteiger partial charge in [0.15, 0.2) is 4.80 Å². The fraction of sp³-hybridized carbons (Fsp3) is 0.233. The first-order chi connectivity index (χ1) is 20.7. The molecule has 4 aromatic rings. The third-order valence-corrected chi connectivity index (χ3v) is 7.79. The van der Waals surface area contributed by atoms with E-state index in [1.165, 1.54) is 44.1 Å². The van der Waals surface area contributed by atoms with Crippen molar-refractivity contribution < 1.29 is 33.1 Å². The van der Waals surface area contributed by atoms with E-state index in [1.54, 1.807) is 50.3 Å². The van der Waals surface area contributed by atoms with Crippen LogP contribution in [0.2, 0.25) is 0 Å². The van der Waals surface area contributed by atoms with Gasteiger partial charge in [-0.2, -0.15) is 0 Å². The van der Waals surface area contributed by atoms with Crippen molar-refractivity contribution in [3.63, 3.8) is 0 Å². The lowest BCUT2D eigenvalue weighted by atomic mass is 9.95. The van der Waals surface area contributed by atoms with Crippen LogP contribution in [0.25, 0.3) is 17.4 Å². The summed E-state index contributed by atoms with van der Waals surface area (Å²) in [5.74, 6) is 1.39. The molecular formula is C30H27N3O9S. The van der Waals surface area contributed by atoms with Crippen molar-refractivity contribution in [2.45, 2.75) is 19.9 Å². The first-order valence-corrected chi connectivity index (χ1v) is 13.9. The van der Waals surface area contributed by atoms with Gasteiger partial charge in [-0.15, -0.1) is 0 Å². The van der Waals surface area contributed by atoms with Crippen LogP contribution in [0.4, 0.5) is 5.69 Å². The molecule has 1 aliphatic heterocycles. The summed E-state index contributed by atoms with van der Waals surface area (Å²) in [5.41, 5.74) is 1.13. The van der Waals surface area contributed by atoms with Gasteiger partial charge in [0.2, 0.25) is 0 Å². The molecule has 1 aliphatic rings. The van der Waals surface area contributed by atoms with Crippen molar-refractivity contribution in [2.75, 3.05) is 27.9 Å². The molecule has 3 heterocycles. The zero-order valence-electron chi connectivity index (χ0n) is 23.9. The van der Waals surface area contributed by atoms with Crippen molar-refractivity contribution in [3.8, 4) is 28.6 Å². The molecule has 1 atom stereocenters. The summed E-state index contributed by atoms with van der Waals surface area (Å²) in [4.78, 5) is 42.8. The molecule has 0 radical (unpaired) electrons. The predicted molar refractivity (Wildman–Crippen MR) is 157 cm³/mol. The molecule has 0 amide bonds. The molecule has 0 saturated heterocycles. The summed E-state index contributed by atoms with van der Waals surface area (Å²) >= 11 is 1.14. The number of rotatable bonds is 9. The molecule has 0 bridgehead atoms. The Hall–Kier alpha value is -5.17. The maximum absolute atomic E-state index is 14.0. The van der Waals surface area contributed by atoms with Gasteiger partial charge < -0.3 is 23.4 Å². The van der Waals surface area contributed by atoms with Gasteiger partial charge in [0, 0.05) is 17.7 Å². The second-order valence-corrected chi connectivity index (χ2v) is 10.3. The minimum atomic E-state index is -0.904. The van der Waals surface area contributed by atoms with Crippen molar-refractivity contribution in [1.82, 2.24) is 4.57 Å². The van der Waals surface area contributed by atoms with Crippen LogP contribution in [-0.4, -0.2) is 43.4 Å². The van der Waals surface area contributed by atoms with Gasteiger partial charge in [0.1, 0.15) is 34.8 Å². The number of esters is 1. The zero-order valence-corrected chi connectivity index (χ0v) is 24.7. The van der Waals surface area contributed by atoms with Crippen molar-refractivity contribution in [3.05, 3.63) is 101 Å². The number of benzene rings is 2. The number of methoxy groups -OCH3 is 3. The molecule has 2 aromatic carbocycles. The number of allylic oxidation sites excluding steroid dienone is 1. The topological polar surface area (TPSA) is 145 Å². The van der Waals surface area contributed by atoms with Crippen LogP contribution in [0.1, 0.15) is 31.2 Å².